The molecule has 0 amide bonds. The summed E-state index contributed by atoms with van der Waals surface area (Å²) in [6, 6.07) is 0. The first-order valence-corrected chi connectivity index (χ1v) is 8.40. The molecule has 0 spiro atoms. The third kappa shape index (κ3) is 13.9. The summed E-state index contributed by atoms with van der Waals surface area (Å²) in [6.45, 7) is 2.24. The summed E-state index contributed by atoms with van der Waals surface area (Å²) >= 11 is 0. The zero-order chi connectivity index (χ0) is 15.8. The van der Waals surface area contributed by atoms with Crippen molar-refractivity contribution in [1.82, 2.24) is 0 Å². The number of allylic oxidation sites excluding steroid dienone is 2. The molecule has 0 bridgehead atoms. The van der Waals surface area contributed by atoms with E-state index in [1.165, 1.54) is 44.9 Å². The van der Waals surface area contributed by atoms with E-state index in [0.29, 0.717) is 6.42 Å². The van der Waals surface area contributed by atoms with Crippen molar-refractivity contribution in [3.63, 3.8) is 0 Å². The fourth-order valence-electron chi connectivity index (χ4n) is 2.27. The smallest absolute Gasteiger partial charge is 0.336 e. The minimum Gasteiger partial charge on any atom is -0.479 e. The van der Waals surface area contributed by atoms with Crippen molar-refractivity contribution in [2.75, 3.05) is 0 Å². The average Bonchev–Trinajstić information content (AvgIpc) is 2.47. The molecule has 0 rings (SSSR count). The van der Waals surface area contributed by atoms with Gasteiger partial charge in [-0.1, -0.05) is 64.0 Å². The van der Waals surface area contributed by atoms with Crippen LogP contribution in [0.15, 0.2) is 12.2 Å². The number of carboxylic acid groups (broad SMARTS) is 1. The molecule has 0 aliphatic carbocycles. The van der Waals surface area contributed by atoms with Gasteiger partial charge in [-0.3, -0.25) is 5.26 Å². The molecule has 1 unspecified atom stereocenters. The van der Waals surface area contributed by atoms with Gasteiger partial charge in [0, 0.05) is 0 Å². The van der Waals surface area contributed by atoms with Crippen LogP contribution in [0.4, 0.5) is 0 Å². The Kier molecular flexibility index (Phi) is 14.9. The minimum absolute atomic E-state index is 0.368. The normalized spacial score (nSPS) is 12.9. The Morgan fingerprint density at radius 1 is 0.952 bits per heavy atom. The highest BCUT2D eigenvalue weighted by atomic mass is 17.1. The first-order chi connectivity index (χ1) is 10.2. The van der Waals surface area contributed by atoms with E-state index in [0.717, 1.165) is 25.7 Å². The second-order valence-corrected chi connectivity index (χ2v) is 5.60. The standard InChI is InChI=1S/C17H32O4/c1-2-3-4-5-6-7-8-9-10-11-12-13-14-15-16(21-20)17(18)19/h9-10,16,20H,2-8,11-15H2,1H3,(H,18,19)/b10-9-. The van der Waals surface area contributed by atoms with Crippen molar-refractivity contribution in [2.24, 2.45) is 0 Å². The minimum atomic E-state index is -1.10. The topological polar surface area (TPSA) is 66.8 Å². The zero-order valence-corrected chi connectivity index (χ0v) is 13.4. The van der Waals surface area contributed by atoms with Gasteiger partial charge in [-0.25, -0.2) is 9.68 Å². The van der Waals surface area contributed by atoms with E-state index in [9.17, 15) is 4.79 Å². The van der Waals surface area contributed by atoms with Crippen molar-refractivity contribution in [1.29, 1.82) is 0 Å². The number of unbranched alkanes of at least 4 members (excludes halogenated alkanes) is 9. The Morgan fingerprint density at radius 2 is 1.48 bits per heavy atom. The predicted molar refractivity (Wildman–Crippen MR) is 85.4 cm³/mol. The van der Waals surface area contributed by atoms with E-state index in [1.807, 2.05) is 0 Å². The average molecular weight is 300 g/mol. The highest BCUT2D eigenvalue weighted by Crippen LogP contribution is 2.10. The van der Waals surface area contributed by atoms with Crippen molar-refractivity contribution < 1.29 is 20.0 Å². The molecule has 4 heteroatoms. The van der Waals surface area contributed by atoms with Crippen LogP contribution < -0.4 is 0 Å². The highest BCUT2D eigenvalue weighted by Gasteiger charge is 2.16. The highest BCUT2D eigenvalue weighted by molar-refractivity contribution is 5.72. The lowest BCUT2D eigenvalue weighted by molar-refractivity contribution is -0.277. The molecule has 4 nitrogen and oxygen atoms in total. The quantitative estimate of drug-likeness (QED) is 0.189. The Morgan fingerprint density at radius 3 is 2.00 bits per heavy atom. The Hall–Kier alpha value is -0.870. The van der Waals surface area contributed by atoms with Gasteiger partial charge < -0.3 is 5.11 Å². The summed E-state index contributed by atoms with van der Waals surface area (Å²) in [6.07, 6.45) is 16.8. The van der Waals surface area contributed by atoms with Gasteiger partial charge in [0.05, 0.1) is 0 Å². The first-order valence-electron chi connectivity index (χ1n) is 8.40. The summed E-state index contributed by atoms with van der Waals surface area (Å²) in [7, 11) is 0. The predicted octanol–water partition coefficient (Wildman–Crippen LogP) is 5.19. The van der Waals surface area contributed by atoms with Crippen LogP contribution in [0.5, 0.6) is 0 Å². The molecule has 21 heavy (non-hydrogen) atoms. The van der Waals surface area contributed by atoms with Crippen molar-refractivity contribution in [3.05, 3.63) is 12.2 Å². The van der Waals surface area contributed by atoms with Gasteiger partial charge in [0.15, 0.2) is 6.10 Å². The molecule has 124 valence electrons. The van der Waals surface area contributed by atoms with Gasteiger partial charge in [-0.2, -0.15) is 0 Å². The number of carbonyl (C=O) groups is 1. The molecule has 0 aliphatic rings. The van der Waals surface area contributed by atoms with Crippen LogP contribution in [-0.4, -0.2) is 22.4 Å². The van der Waals surface area contributed by atoms with E-state index in [4.69, 9.17) is 10.4 Å². The molecule has 0 fully saturated rings. The third-order valence-corrected chi connectivity index (χ3v) is 3.63. The maximum atomic E-state index is 10.6. The number of hydrogen-bond acceptors (Lipinski definition) is 3. The van der Waals surface area contributed by atoms with Crippen LogP contribution in [-0.2, 0) is 9.68 Å². The Labute approximate surface area is 129 Å². The van der Waals surface area contributed by atoms with Gasteiger partial charge in [0.2, 0.25) is 0 Å². The van der Waals surface area contributed by atoms with Gasteiger partial charge in [0.25, 0.3) is 0 Å². The lowest BCUT2D eigenvalue weighted by Gasteiger charge is -2.07. The van der Waals surface area contributed by atoms with Crippen LogP contribution in [0.1, 0.15) is 84.0 Å². The van der Waals surface area contributed by atoms with Crippen LogP contribution >= 0.6 is 0 Å². The number of aliphatic carboxylic acids is 1. The maximum Gasteiger partial charge on any atom is 0.336 e. The molecule has 1 atom stereocenters. The summed E-state index contributed by atoms with van der Waals surface area (Å²) in [5.41, 5.74) is 0. The Bertz CT molecular complexity index is 264. The summed E-state index contributed by atoms with van der Waals surface area (Å²) in [5.74, 6) is -1.10. The van der Waals surface area contributed by atoms with Crippen LogP contribution in [0.25, 0.3) is 0 Å². The lowest BCUT2D eigenvalue weighted by atomic mass is 10.1. The van der Waals surface area contributed by atoms with Gasteiger partial charge >= 0.3 is 5.97 Å². The number of rotatable bonds is 15. The van der Waals surface area contributed by atoms with Crippen molar-refractivity contribution in [2.45, 2.75) is 90.1 Å². The van der Waals surface area contributed by atoms with Crippen LogP contribution in [0.3, 0.4) is 0 Å². The Balaban J connectivity index is 3.27. The van der Waals surface area contributed by atoms with Gasteiger partial charge in [-0.15, -0.1) is 0 Å². The number of carboxylic acids is 1. The molecule has 0 heterocycles. The number of hydrogen-bond donors (Lipinski definition) is 2. The van der Waals surface area contributed by atoms with Gasteiger partial charge in [0.1, 0.15) is 0 Å². The molecule has 2 N–H and O–H groups in total. The molecule has 0 radical (unpaired) electrons. The molecule has 0 aliphatic heterocycles. The van der Waals surface area contributed by atoms with E-state index < -0.39 is 12.1 Å². The molecule has 0 aromatic heterocycles. The van der Waals surface area contributed by atoms with Crippen molar-refractivity contribution in [3.8, 4) is 0 Å². The van der Waals surface area contributed by atoms with E-state index in [1.54, 1.807) is 0 Å². The largest absolute Gasteiger partial charge is 0.479 e. The SMILES string of the molecule is CCCCCCCC/C=C\CCCCCC(OO)C(=O)O. The van der Waals surface area contributed by atoms with Crippen molar-refractivity contribution >= 4 is 5.97 Å². The lowest BCUT2D eigenvalue weighted by Crippen LogP contribution is -2.22. The van der Waals surface area contributed by atoms with E-state index in [2.05, 4.69) is 24.0 Å². The summed E-state index contributed by atoms with van der Waals surface area (Å²) in [5, 5.41) is 17.1. The summed E-state index contributed by atoms with van der Waals surface area (Å²) < 4.78 is 0. The molecule has 0 saturated carbocycles. The van der Waals surface area contributed by atoms with Crippen LogP contribution in [0.2, 0.25) is 0 Å². The molecule has 0 saturated heterocycles. The van der Waals surface area contributed by atoms with Crippen LogP contribution in [0, 0.1) is 0 Å². The first kappa shape index (κ1) is 20.1. The van der Waals surface area contributed by atoms with E-state index in [-0.39, 0.29) is 0 Å². The monoisotopic (exact) mass is 300 g/mol. The molecule has 0 aromatic carbocycles. The van der Waals surface area contributed by atoms with E-state index >= 15 is 0 Å². The molecular formula is C17H32O4. The second kappa shape index (κ2) is 15.5. The summed E-state index contributed by atoms with van der Waals surface area (Å²) in [4.78, 5) is 14.5. The zero-order valence-electron chi connectivity index (χ0n) is 13.4. The van der Waals surface area contributed by atoms with Gasteiger partial charge in [-0.05, 0) is 32.1 Å². The third-order valence-electron chi connectivity index (χ3n) is 3.63. The fourth-order valence-corrected chi connectivity index (χ4v) is 2.27. The molecule has 0 aromatic rings. The fraction of sp³-hybridized carbons (Fsp3) is 0.824. The second-order valence-electron chi connectivity index (χ2n) is 5.60. The maximum absolute atomic E-state index is 10.6. The molecular weight excluding hydrogens is 268 g/mol.